The number of anilines is 1. The molecule has 0 fully saturated rings. The van der Waals surface area contributed by atoms with Crippen LogP contribution in [0.15, 0.2) is 12.5 Å². The van der Waals surface area contributed by atoms with Crippen LogP contribution in [0.3, 0.4) is 0 Å². The fraction of sp³-hybridized carbons (Fsp3) is 0.682. The number of aromatic nitrogens is 4. The summed E-state index contributed by atoms with van der Waals surface area (Å²) in [5.74, 6) is -0.535. The summed E-state index contributed by atoms with van der Waals surface area (Å²) in [5, 5.41) is 0. The van der Waals surface area contributed by atoms with Gasteiger partial charge in [-0.1, -0.05) is 40.0 Å². The molecule has 0 aliphatic rings. The second kappa shape index (κ2) is 12.9. The van der Waals surface area contributed by atoms with Gasteiger partial charge in [0.05, 0.1) is 25.7 Å². The molecule has 0 spiro atoms. The highest BCUT2D eigenvalue weighted by molar-refractivity contribution is 5.75. The quantitative estimate of drug-likeness (QED) is 0.328. The minimum Gasteiger partial charge on any atom is -0.465 e. The summed E-state index contributed by atoms with van der Waals surface area (Å²) in [6.45, 7) is 6.86. The Morgan fingerprint density at radius 3 is 2.69 bits per heavy atom. The van der Waals surface area contributed by atoms with E-state index in [-0.39, 0.29) is 37.0 Å². The Labute approximate surface area is 189 Å². The molecule has 0 aliphatic heterocycles. The Morgan fingerprint density at radius 2 is 1.97 bits per heavy atom. The molecule has 32 heavy (non-hydrogen) atoms. The van der Waals surface area contributed by atoms with Gasteiger partial charge in [-0.3, -0.25) is 9.59 Å². The molecule has 178 valence electrons. The second-order valence-electron chi connectivity index (χ2n) is 8.21. The topological polar surface area (TPSA) is 148 Å². The van der Waals surface area contributed by atoms with E-state index < -0.39 is 12.0 Å². The number of fused-ring (bicyclic) bond motifs is 1. The van der Waals surface area contributed by atoms with Crippen molar-refractivity contribution in [2.24, 2.45) is 17.6 Å². The first-order valence-corrected chi connectivity index (χ1v) is 11.4. The lowest BCUT2D eigenvalue weighted by Crippen LogP contribution is -2.38. The van der Waals surface area contributed by atoms with E-state index in [0.29, 0.717) is 30.6 Å². The van der Waals surface area contributed by atoms with Gasteiger partial charge in [0.25, 0.3) is 0 Å². The number of imidazole rings is 1. The average molecular weight is 449 g/mol. The molecule has 0 saturated carbocycles. The Kier molecular flexibility index (Phi) is 10.3. The zero-order chi connectivity index (χ0) is 23.5. The highest BCUT2D eigenvalue weighted by Gasteiger charge is 2.22. The van der Waals surface area contributed by atoms with Crippen LogP contribution >= 0.6 is 0 Å². The molecule has 10 heteroatoms. The van der Waals surface area contributed by atoms with Crippen molar-refractivity contribution in [2.75, 3.05) is 18.9 Å². The molecule has 2 aromatic rings. The largest absolute Gasteiger partial charge is 0.465 e. The Morgan fingerprint density at radius 1 is 1.19 bits per heavy atom. The monoisotopic (exact) mass is 448 g/mol. The third kappa shape index (κ3) is 7.74. The lowest BCUT2D eigenvalue weighted by atomic mass is 10.0. The number of hydrogen-bond donors (Lipinski definition) is 2. The van der Waals surface area contributed by atoms with E-state index in [9.17, 15) is 9.59 Å². The van der Waals surface area contributed by atoms with Crippen LogP contribution in [0.25, 0.3) is 11.2 Å². The van der Waals surface area contributed by atoms with Crippen molar-refractivity contribution in [3.63, 3.8) is 0 Å². The number of unbranched alkanes of at least 4 members (excludes halogenated alkanes) is 2. The maximum atomic E-state index is 12.2. The number of ether oxygens (including phenoxy) is 2. The zero-order valence-corrected chi connectivity index (χ0v) is 19.3. The van der Waals surface area contributed by atoms with Gasteiger partial charge in [0.2, 0.25) is 5.95 Å². The first-order chi connectivity index (χ1) is 15.3. The minimum absolute atomic E-state index is 0.0461. The lowest BCUT2D eigenvalue weighted by Gasteiger charge is -2.20. The summed E-state index contributed by atoms with van der Waals surface area (Å²) in [7, 11) is 0. The number of nitrogens with zero attached hydrogens (tertiary/aromatic N) is 4. The van der Waals surface area contributed by atoms with Crippen LogP contribution in [0.1, 0.15) is 59.3 Å². The van der Waals surface area contributed by atoms with Crippen molar-refractivity contribution < 1.29 is 19.1 Å². The standard InChI is InChI=1S/C22H36N6O4/c1-4-6-7-8-18(29)32-13-16(9-10-31-21(30)19(23)15(3)5-2)12-28-14-26-17-11-25-22(24)27-20(17)28/h11,14-16,19H,4-10,12-13,23H2,1-3H3,(H2,24,25,27)/t15-,16+,19-/m0/s1. The fourth-order valence-electron chi connectivity index (χ4n) is 3.22. The predicted octanol–water partition coefficient (Wildman–Crippen LogP) is 2.45. The van der Waals surface area contributed by atoms with Crippen LogP contribution in [0.5, 0.6) is 0 Å². The lowest BCUT2D eigenvalue weighted by molar-refractivity contribution is -0.149. The van der Waals surface area contributed by atoms with Gasteiger partial charge in [-0.2, -0.15) is 4.98 Å². The van der Waals surface area contributed by atoms with Crippen molar-refractivity contribution in [3.05, 3.63) is 12.5 Å². The van der Waals surface area contributed by atoms with Crippen LogP contribution in [-0.2, 0) is 25.6 Å². The first kappa shape index (κ1) is 25.5. The fourth-order valence-corrected chi connectivity index (χ4v) is 3.22. The van der Waals surface area contributed by atoms with Crippen molar-refractivity contribution in [1.82, 2.24) is 19.5 Å². The van der Waals surface area contributed by atoms with Gasteiger partial charge >= 0.3 is 11.9 Å². The number of esters is 2. The molecule has 0 aromatic carbocycles. The summed E-state index contributed by atoms with van der Waals surface area (Å²) in [6, 6.07) is -0.646. The van der Waals surface area contributed by atoms with Crippen molar-refractivity contribution in [1.29, 1.82) is 0 Å². The molecule has 3 atom stereocenters. The molecule has 0 aliphatic carbocycles. The molecule has 0 saturated heterocycles. The van der Waals surface area contributed by atoms with Crippen molar-refractivity contribution in [2.45, 2.75) is 71.9 Å². The molecule has 0 bridgehead atoms. The third-order valence-corrected chi connectivity index (χ3v) is 5.60. The van der Waals surface area contributed by atoms with Crippen LogP contribution in [0.2, 0.25) is 0 Å². The van der Waals surface area contributed by atoms with E-state index >= 15 is 0 Å². The normalized spacial score (nSPS) is 14.1. The average Bonchev–Trinajstić information content (AvgIpc) is 3.17. The van der Waals surface area contributed by atoms with Gasteiger partial charge in [0, 0.05) is 18.9 Å². The van der Waals surface area contributed by atoms with Gasteiger partial charge in [-0.15, -0.1) is 0 Å². The number of carbonyl (C=O) groups excluding carboxylic acids is 2. The molecule has 2 heterocycles. The minimum atomic E-state index is -0.646. The predicted molar refractivity (Wildman–Crippen MR) is 121 cm³/mol. The molecule has 10 nitrogen and oxygen atoms in total. The van der Waals surface area contributed by atoms with Crippen LogP contribution in [-0.4, -0.2) is 50.7 Å². The molecule has 0 unspecified atom stereocenters. The van der Waals surface area contributed by atoms with E-state index in [0.717, 1.165) is 25.7 Å². The molecular formula is C22H36N6O4. The SMILES string of the molecule is CCCCCC(=O)OC[C@H](CCOC(=O)[C@@H](N)[C@@H](C)CC)Cn1cnc2cnc(N)nc21. The Balaban J connectivity index is 1.99. The Hall–Kier alpha value is -2.75. The smallest absolute Gasteiger partial charge is 0.323 e. The number of nitrogens with two attached hydrogens (primary N) is 2. The third-order valence-electron chi connectivity index (χ3n) is 5.60. The van der Waals surface area contributed by atoms with Gasteiger partial charge < -0.3 is 25.5 Å². The molecule has 4 N–H and O–H groups in total. The van der Waals surface area contributed by atoms with Gasteiger partial charge in [0.15, 0.2) is 5.65 Å². The summed E-state index contributed by atoms with van der Waals surface area (Å²) < 4.78 is 12.7. The zero-order valence-electron chi connectivity index (χ0n) is 19.3. The van der Waals surface area contributed by atoms with Gasteiger partial charge in [0.1, 0.15) is 11.6 Å². The maximum Gasteiger partial charge on any atom is 0.323 e. The number of carbonyl (C=O) groups is 2. The summed E-state index contributed by atoms with van der Waals surface area (Å²) in [4.78, 5) is 36.8. The molecule has 0 radical (unpaired) electrons. The molecular weight excluding hydrogens is 412 g/mol. The molecule has 2 aromatic heterocycles. The van der Waals surface area contributed by atoms with Crippen LogP contribution in [0, 0.1) is 11.8 Å². The van der Waals surface area contributed by atoms with E-state index in [1.165, 1.54) is 0 Å². The van der Waals surface area contributed by atoms with Crippen LogP contribution < -0.4 is 11.5 Å². The summed E-state index contributed by atoms with van der Waals surface area (Å²) in [5.41, 5.74) is 12.9. The number of nitrogen functional groups attached to an aromatic ring is 1. The van der Waals surface area contributed by atoms with E-state index in [2.05, 4.69) is 21.9 Å². The summed E-state index contributed by atoms with van der Waals surface area (Å²) >= 11 is 0. The number of hydrogen-bond acceptors (Lipinski definition) is 9. The van der Waals surface area contributed by atoms with E-state index in [1.807, 2.05) is 18.4 Å². The summed E-state index contributed by atoms with van der Waals surface area (Å²) in [6.07, 6.45) is 7.76. The Bertz CT molecular complexity index is 871. The highest BCUT2D eigenvalue weighted by Crippen LogP contribution is 2.16. The molecule has 2 rings (SSSR count). The molecule has 0 amide bonds. The van der Waals surface area contributed by atoms with Gasteiger partial charge in [-0.05, 0) is 18.8 Å². The van der Waals surface area contributed by atoms with Crippen LogP contribution in [0.4, 0.5) is 5.95 Å². The second-order valence-corrected chi connectivity index (χ2v) is 8.21. The number of rotatable bonds is 14. The van der Waals surface area contributed by atoms with Crippen molar-refractivity contribution in [3.8, 4) is 0 Å². The maximum absolute atomic E-state index is 12.2. The van der Waals surface area contributed by atoms with Gasteiger partial charge in [-0.25, -0.2) is 9.97 Å². The van der Waals surface area contributed by atoms with E-state index in [1.54, 1.807) is 12.5 Å². The van der Waals surface area contributed by atoms with E-state index in [4.69, 9.17) is 20.9 Å². The van der Waals surface area contributed by atoms with Crippen molar-refractivity contribution >= 4 is 29.1 Å². The highest BCUT2D eigenvalue weighted by atomic mass is 16.5. The first-order valence-electron chi connectivity index (χ1n) is 11.4.